The van der Waals surface area contributed by atoms with Crippen LogP contribution in [0.5, 0.6) is 5.75 Å². The lowest BCUT2D eigenvalue weighted by molar-refractivity contribution is -0.144. The average Bonchev–Trinajstić information content (AvgIpc) is 2.60. The molecule has 1 aliphatic rings. The fourth-order valence-corrected chi connectivity index (χ4v) is 3.02. The van der Waals surface area contributed by atoms with Crippen molar-refractivity contribution in [2.24, 2.45) is 0 Å². The van der Waals surface area contributed by atoms with Gasteiger partial charge >= 0.3 is 5.97 Å². The summed E-state index contributed by atoms with van der Waals surface area (Å²) >= 11 is 0. The van der Waals surface area contributed by atoms with Gasteiger partial charge in [0.2, 0.25) is 0 Å². The summed E-state index contributed by atoms with van der Waals surface area (Å²) in [6.07, 6.45) is 2.53. The molecule has 128 valence electrons. The molecule has 2 rings (SSSR count). The van der Waals surface area contributed by atoms with E-state index in [1.807, 2.05) is 6.07 Å². The van der Waals surface area contributed by atoms with E-state index in [4.69, 9.17) is 15.1 Å². The molecular weight excluding hydrogens is 308 g/mol. The second-order valence-electron chi connectivity index (χ2n) is 5.98. The summed E-state index contributed by atoms with van der Waals surface area (Å²) in [5, 5.41) is 18.0. The number of ether oxygens (including phenoxy) is 1. The lowest BCUT2D eigenvalue weighted by atomic mass is 9.97. The average molecular weight is 330 g/mol. The molecule has 1 N–H and O–H groups in total. The maximum absolute atomic E-state index is 12.7. The molecule has 24 heavy (non-hydrogen) atoms. The van der Waals surface area contributed by atoms with Crippen molar-refractivity contribution in [1.82, 2.24) is 4.90 Å². The molecular formula is C18H22N2O4. The maximum Gasteiger partial charge on any atom is 0.303 e. The van der Waals surface area contributed by atoms with Crippen molar-refractivity contribution in [3.05, 3.63) is 29.8 Å². The van der Waals surface area contributed by atoms with E-state index in [-0.39, 0.29) is 18.4 Å². The number of nitrogens with zero attached hydrogens (tertiary/aromatic N) is 2. The number of carboxylic acid groups (broad SMARTS) is 1. The Bertz CT molecular complexity index is 638. The van der Waals surface area contributed by atoms with Gasteiger partial charge in [0.05, 0.1) is 5.56 Å². The molecule has 0 saturated carbocycles. The number of benzene rings is 1. The minimum Gasteiger partial charge on any atom is -0.481 e. The topological polar surface area (TPSA) is 90.6 Å². The van der Waals surface area contributed by atoms with Gasteiger partial charge < -0.3 is 14.7 Å². The molecule has 1 aromatic carbocycles. The summed E-state index contributed by atoms with van der Waals surface area (Å²) < 4.78 is 5.70. The number of piperidine rings is 1. The number of likely N-dealkylation sites (tertiary alicyclic amines) is 1. The van der Waals surface area contributed by atoms with Crippen LogP contribution < -0.4 is 4.74 Å². The van der Waals surface area contributed by atoms with E-state index in [9.17, 15) is 9.59 Å². The molecule has 0 aliphatic carbocycles. The standard InChI is InChI=1S/C18H22N2O4/c1-13(24-16-8-3-2-6-14(16)12-19)18(23)20-11-5-4-7-15(20)9-10-17(21)22/h2-3,6,8,13,15H,4-5,7,9-11H2,1H3,(H,21,22)/t13-,15+/m0/s1. The van der Waals surface area contributed by atoms with Crippen LogP contribution in [0.15, 0.2) is 24.3 Å². The highest BCUT2D eigenvalue weighted by Crippen LogP contribution is 2.24. The molecule has 0 spiro atoms. The molecule has 1 aliphatic heterocycles. The van der Waals surface area contributed by atoms with E-state index < -0.39 is 12.1 Å². The van der Waals surface area contributed by atoms with Crippen LogP contribution in [0.2, 0.25) is 0 Å². The maximum atomic E-state index is 12.7. The van der Waals surface area contributed by atoms with Crippen LogP contribution in [0.1, 0.15) is 44.6 Å². The van der Waals surface area contributed by atoms with Crippen molar-refractivity contribution in [2.45, 2.75) is 51.2 Å². The Labute approximate surface area is 141 Å². The predicted molar refractivity (Wildman–Crippen MR) is 87.5 cm³/mol. The van der Waals surface area contributed by atoms with Crippen LogP contribution in [0.25, 0.3) is 0 Å². The van der Waals surface area contributed by atoms with Gasteiger partial charge in [-0.25, -0.2) is 0 Å². The molecule has 0 aromatic heterocycles. The third-order valence-electron chi connectivity index (χ3n) is 4.26. The Morgan fingerprint density at radius 1 is 1.42 bits per heavy atom. The number of rotatable bonds is 6. The Kier molecular flexibility index (Phi) is 6.19. The van der Waals surface area contributed by atoms with Gasteiger partial charge in [-0.3, -0.25) is 9.59 Å². The molecule has 1 heterocycles. The summed E-state index contributed by atoms with van der Waals surface area (Å²) in [6, 6.07) is 8.79. The van der Waals surface area contributed by atoms with Gasteiger partial charge in [-0.05, 0) is 44.7 Å². The number of carboxylic acids is 1. The molecule has 1 aromatic rings. The van der Waals surface area contributed by atoms with Crippen molar-refractivity contribution in [3.8, 4) is 11.8 Å². The molecule has 1 saturated heterocycles. The first-order valence-electron chi connectivity index (χ1n) is 8.21. The second-order valence-corrected chi connectivity index (χ2v) is 5.98. The van der Waals surface area contributed by atoms with Gasteiger partial charge in [0.1, 0.15) is 11.8 Å². The highest BCUT2D eigenvalue weighted by Gasteiger charge is 2.31. The van der Waals surface area contributed by atoms with E-state index in [1.54, 1.807) is 36.1 Å². The summed E-state index contributed by atoms with van der Waals surface area (Å²) in [5.74, 6) is -0.613. The van der Waals surface area contributed by atoms with Crippen LogP contribution in [0.4, 0.5) is 0 Å². The second kappa shape index (κ2) is 8.34. The van der Waals surface area contributed by atoms with Gasteiger partial charge in [-0.1, -0.05) is 12.1 Å². The monoisotopic (exact) mass is 330 g/mol. The van der Waals surface area contributed by atoms with Crippen molar-refractivity contribution < 1.29 is 19.4 Å². The fraction of sp³-hybridized carbons (Fsp3) is 0.500. The minimum absolute atomic E-state index is 0.0559. The number of amides is 1. The molecule has 2 atom stereocenters. The highest BCUT2D eigenvalue weighted by atomic mass is 16.5. The summed E-state index contributed by atoms with van der Waals surface area (Å²) in [7, 11) is 0. The number of hydrogen-bond acceptors (Lipinski definition) is 4. The van der Waals surface area contributed by atoms with Crippen molar-refractivity contribution >= 4 is 11.9 Å². The third-order valence-corrected chi connectivity index (χ3v) is 4.26. The van der Waals surface area contributed by atoms with Gasteiger partial charge in [0, 0.05) is 19.0 Å². The third kappa shape index (κ3) is 4.48. The predicted octanol–water partition coefficient (Wildman–Crippen LogP) is 2.57. The van der Waals surface area contributed by atoms with E-state index in [1.165, 1.54) is 0 Å². The van der Waals surface area contributed by atoms with Gasteiger partial charge in [0.15, 0.2) is 6.10 Å². The summed E-state index contributed by atoms with van der Waals surface area (Å²) in [4.78, 5) is 25.3. The first-order valence-corrected chi connectivity index (χ1v) is 8.21. The van der Waals surface area contributed by atoms with Crippen LogP contribution in [0.3, 0.4) is 0 Å². The number of para-hydroxylation sites is 1. The summed E-state index contributed by atoms with van der Waals surface area (Å²) in [5.41, 5.74) is 0.387. The first-order chi connectivity index (χ1) is 11.5. The van der Waals surface area contributed by atoms with E-state index in [0.717, 1.165) is 19.3 Å². The minimum atomic E-state index is -0.847. The molecule has 6 nitrogen and oxygen atoms in total. The highest BCUT2D eigenvalue weighted by molar-refractivity contribution is 5.81. The quantitative estimate of drug-likeness (QED) is 0.865. The zero-order valence-corrected chi connectivity index (χ0v) is 13.8. The van der Waals surface area contributed by atoms with Crippen LogP contribution in [-0.4, -0.2) is 40.6 Å². The largest absolute Gasteiger partial charge is 0.481 e. The van der Waals surface area contributed by atoms with E-state index in [2.05, 4.69) is 0 Å². The van der Waals surface area contributed by atoms with Crippen LogP contribution in [0, 0.1) is 11.3 Å². The molecule has 0 bridgehead atoms. The van der Waals surface area contributed by atoms with Gasteiger partial charge in [-0.2, -0.15) is 5.26 Å². The molecule has 1 amide bonds. The van der Waals surface area contributed by atoms with Gasteiger partial charge in [0.25, 0.3) is 5.91 Å². The Hall–Kier alpha value is -2.55. The van der Waals surface area contributed by atoms with Gasteiger partial charge in [-0.15, -0.1) is 0 Å². The van der Waals surface area contributed by atoms with Crippen molar-refractivity contribution in [2.75, 3.05) is 6.54 Å². The lowest BCUT2D eigenvalue weighted by Gasteiger charge is -2.37. The number of carbonyl (C=O) groups is 2. The SMILES string of the molecule is C[C@H](Oc1ccccc1C#N)C(=O)N1CCCC[C@@H]1CCC(=O)O. The Balaban J connectivity index is 2.04. The lowest BCUT2D eigenvalue weighted by Crippen LogP contribution is -2.49. The molecule has 0 unspecified atom stereocenters. The Morgan fingerprint density at radius 2 is 2.17 bits per heavy atom. The molecule has 6 heteroatoms. The first kappa shape index (κ1) is 17.8. The van der Waals surface area contributed by atoms with Crippen LogP contribution in [-0.2, 0) is 9.59 Å². The normalized spacial score (nSPS) is 18.5. The molecule has 0 radical (unpaired) electrons. The number of hydrogen-bond donors (Lipinski definition) is 1. The number of aliphatic carboxylic acids is 1. The van der Waals surface area contributed by atoms with E-state index in [0.29, 0.717) is 24.3 Å². The van der Waals surface area contributed by atoms with Crippen molar-refractivity contribution in [3.63, 3.8) is 0 Å². The smallest absolute Gasteiger partial charge is 0.303 e. The zero-order chi connectivity index (χ0) is 17.5. The molecule has 1 fully saturated rings. The fourth-order valence-electron chi connectivity index (χ4n) is 3.02. The Morgan fingerprint density at radius 3 is 2.88 bits per heavy atom. The van der Waals surface area contributed by atoms with Crippen LogP contribution >= 0.6 is 0 Å². The zero-order valence-electron chi connectivity index (χ0n) is 13.8. The van der Waals surface area contributed by atoms with E-state index >= 15 is 0 Å². The van der Waals surface area contributed by atoms with Crippen molar-refractivity contribution in [1.29, 1.82) is 5.26 Å². The number of carbonyl (C=O) groups excluding carboxylic acids is 1. The summed E-state index contributed by atoms with van der Waals surface area (Å²) in [6.45, 7) is 2.29. The number of nitriles is 1.